The number of pyridine rings is 2. The predicted molar refractivity (Wildman–Crippen MR) is 125 cm³/mol. The van der Waals surface area contributed by atoms with Gasteiger partial charge < -0.3 is 0 Å². The molecule has 0 aliphatic rings. The Morgan fingerprint density at radius 1 is 1.18 bits per heavy atom. The zero-order valence-corrected chi connectivity index (χ0v) is 20.6. The van der Waals surface area contributed by atoms with Crippen molar-refractivity contribution in [2.75, 3.05) is 0 Å². The third-order valence-corrected chi connectivity index (χ3v) is 7.09. The Morgan fingerprint density at radius 2 is 1.94 bits per heavy atom. The molecule has 0 radical (unpaired) electrons. The Bertz CT molecular complexity index is 1400. The highest BCUT2D eigenvalue weighted by Gasteiger charge is 2.34. The van der Waals surface area contributed by atoms with Crippen LogP contribution in [0.15, 0.2) is 47.5 Å². The molecule has 0 saturated carbocycles. The van der Waals surface area contributed by atoms with E-state index in [1.165, 1.54) is 12.4 Å². The summed E-state index contributed by atoms with van der Waals surface area (Å²) in [7, 11) is 0. The Morgan fingerprint density at radius 3 is 2.68 bits per heavy atom. The van der Waals surface area contributed by atoms with Gasteiger partial charge in [0.05, 0.1) is 44.2 Å². The average molecular weight is 572 g/mol. The van der Waals surface area contributed by atoms with E-state index in [2.05, 4.69) is 31.0 Å². The molecule has 0 amide bonds. The molecule has 34 heavy (non-hydrogen) atoms. The SMILES string of the molecule is CC(CC(=O)c1cnn2cc(Br)ccc12)c1ncc(C(=O)Cc2cc(C(F)(F)F)c(Cl)cn2)s1. The maximum atomic E-state index is 13.1. The molecule has 0 N–H and O–H groups in total. The van der Waals surface area contributed by atoms with Gasteiger partial charge in [-0.25, -0.2) is 9.50 Å². The fourth-order valence-corrected chi connectivity index (χ4v) is 4.78. The van der Waals surface area contributed by atoms with Crippen molar-refractivity contribution in [1.82, 2.24) is 19.6 Å². The maximum Gasteiger partial charge on any atom is 0.417 e. The second-order valence-electron chi connectivity index (χ2n) is 7.58. The lowest BCUT2D eigenvalue weighted by Gasteiger charge is -2.09. The first kappa shape index (κ1) is 24.5. The van der Waals surface area contributed by atoms with Gasteiger partial charge in [-0.05, 0) is 34.1 Å². The lowest BCUT2D eigenvalue weighted by atomic mass is 10.0. The lowest BCUT2D eigenvalue weighted by molar-refractivity contribution is -0.137. The third kappa shape index (κ3) is 5.21. The van der Waals surface area contributed by atoms with Gasteiger partial charge in [-0.2, -0.15) is 18.3 Å². The molecule has 4 rings (SSSR count). The van der Waals surface area contributed by atoms with Gasteiger partial charge in [-0.15, -0.1) is 11.3 Å². The zero-order valence-electron chi connectivity index (χ0n) is 17.4. The molecule has 0 fully saturated rings. The van der Waals surface area contributed by atoms with Crippen molar-refractivity contribution in [3.05, 3.63) is 79.2 Å². The topological polar surface area (TPSA) is 77.2 Å². The highest BCUT2D eigenvalue weighted by molar-refractivity contribution is 9.10. The highest BCUT2D eigenvalue weighted by atomic mass is 79.9. The number of Topliss-reactive ketones (excluding diaryl/α,β-unsaturated/α-hetero) is 2. The molecule has 0 aliphatic heterocycles. The van der Waals surface area contributed by atoms with Crippen LogP contribution in [0.1, 0.15) is 55.6 Å². The van der Waals surface area contributed by atoms with Crippen LogP contribution in [0.3, 0.4) is 0 Å². The number of halogens is 5. The monoisotopic (exact) mass is 570 g/mol. The summed E-state index contributed by atoms with van der Waals surface area (Å²) in [5, 5.41) is 4.25. The van der Waals surface area contributed by atoms with Gasteiger partial charge in [-0.3, -0.25) is 14.6 Å². The standard InChI is InChI=1S/C22H15BrClF3N4O2S/c1-11(4-18(32)14-7-30-31-10-12(23)2-3-17(14)31)21-29-9-20(34-21)19(33)6-13-5-15(22(25,26)27)16(24)8-28-13/h2-3,5,7-11H,4,6H2,1H3. The first-order valence-corrected chi connectivity index (χ1v) is 11.9. The van der Waals surface area contributed by atoms with Crippen molar-refractivity contribution >= 4 is 56.0 Å². The molecule has 0 saturated heterocycles. The van der Waals surface area contributed by atoms with Crippen LogP contribution >= 0.6 is 38.9 Å². The van der Waals surface area contributed by atoms with Crippen molar-refractivity contribution < 1.29 is 22.8 Å². The van der Waals surface area contributed by atoms with Gasteiger partial charge >= 0.3 is 6.18 Å². The molecular weight excluding hydrogens is 557 g/mol. The lowest BCUT2D eigenvalue weighted by Crippen LogP contribution is -2.10. The molecule has 1 unspecified atom stereocenters. The van der Waals surface area contributed by atoms with Gasteiger partial charge in [-0.1, -0.05) is 18.5 Å². The number of fused-ring (bicyclic) bond motifs is 1. The third-order valence-electron chi connectivity index (χ3n) is 5.05. The van der Waals surface area contributed by atoms with E-state index in [0.29, 0.717) is 16.1 Å². The minimum Gasteiger partial charge on any atom is -0.294 e. The van der Waals surface area contributed by atoms with Crippen LogP contribution < -0.4 is 0 Å². The molecule has 12 heteroatoms. The highest BCUT2D eigenvalue weighted by Crippen LogP contribution is 2.35. The molecule has 1 atom stereocenters. The number of carbonyl (C=O) groups excluding carboxylic acids is 2. The Balaban J connectivity index is 1.45. The summed E-state index contributed by atoms with van der Waals surface area (Å²) in [5.74, 6) is -0.800. The van der Waals surface area contributed by atoms with Crippen molar-refractivity contribution in [2.24, 2.45) is 0 Å². The number of ketones is 2. The summed E-state index contributed by atoms with van der Waals surface area (Å²) in [6.45, 7) is 1.82. The smallest absolute Gasteiger partial charge is 0.294 e. The average Bonchev–Trinajstić information content (AvgIpc) is 3.41. The molecule has 0 aliphatic carbocycles. The predicted octanol–water partition coefficient (Wildman–Crippen LogP) is 6.42. The van der Waals surface area contributed by atoms with Gasteiger partial charge in [0, 0.05) is 41.1 Å². The van der Waals surface area contributed by atoms with Crippen molar-refractivity contribution in [3.63, 3.8) is 0 Å². The van der Waals surface area contributed by atoms with Crippen LogP contribution in [0.4, 0.5) is 13.2 Å². The molecule has 4 aromatic rings. The van der Waals surface area contributed by atoms with Crippen LogP contribution in [0, 0.1) is 0 Å². The van der Waals surface area contributed by atoms with Crippen molar-refractivity contribution in [1.29, 1.82) is 0 Å². The van der Waals surface area contributed by atoms with Crippen molar-refractivity contribution in [2.45, 2.75) is 31.9 Å². The van der Waals surface area contributed by atoms with E-state index in [1.54, 1.807) is 16.8 Å². The maximum absolute atomic E-state index is 13.1. The van der Waals surface area contributed by atoms with Gasteiger partial charge in [0.25, 0.3) is 0 Å². The molecule has 0 spiro atoms. The van der Waals surface area contributed by atoms with Gasteiger partial charge in [0.1, 0.15) is 0 Å². The van der Waals surface area contributed by atoms with Crippen LogP contribution in [0.5, 0.6) is 0 Å². The molecular formula is C22H15BrClF3N4O2S. The summed E-state index contributed by atoms with van der Waals surface area (Å²) in [4.78, 5) is 33.8. The second-order valence-corrected chi connectivity index (χ2v) is 9.96. The summed E-state index contributed by atoms with van der Waals surface area (Å²) in [5.41, 5.74) is 0.0920. The summed E-state index contributed by atoms with van der Waals surface area (Å²) >= 11 is 10.0. The number of hydrogen-bond donors (Lipinski definition) is 0. The van der Waals surface area contributed by atoms with Crippen LogP contribution in [-0.2, 0) is 12.6 Å². The fraction of sp³-hybridized carbons (Fsp3) is 0.227. The van der Waals surface area contributed by atoms with E-state index in [1.807, 2.05) is 13.0 Å². The number of thiazole rings is 1. The van der Waals surface area contributed by atoms with E-state index in [0.717, 1.165) is 28.1 Å². The molecule has 4 aromatic heterocycles. The second kappa shape index (κ2) is 9.55. The molecule has 6 nitrogen and oxygen atoms in total. The Kier molecular flexibility index (Phi) is 6.88. The largest absolute Gasteiger partial charge is 0.417 e. The molecule has 176 valence electrons. The quantitative estimate of drug-likeness (QED) is 0.239. The number of aromatic nitrogens is 4. The molecule has 0 aromatic carbocycles. The minimum atomic E-state index is -4.64. The number of rotatable bonds is 7. The van der Waals surface area contributed by atoms with E-state index >= 15 is 0 Å². The fourth-order valence-electron chi connectivity index (χ4n) is 3.34. The van der Waals surface area contributed by atoms with Crippen molar-refractivity contribution in [3.8, 4) is 0 Å². The summed E-state index contributed by atoms with van der Waals surface area (Å²) in [6.07, 6.45) is 0.715. The Hall–Kier alpha value is -2.63. The number of hydrogen-bond acceptors (Lipinski definition) is 6. The minimum absolute atomic E-state index is 0.0420. The molecule has 0 bridgehead atoms. The van der Waals surface area contributed by atoms with E-state index < -0.39 is 22.5 Å². The van der Waals surface area contributed by atoms with Crippen LogP contribution in [-0.4, -0.2) is 31.1 Å². The first-order valence-electron chi connectivity index (χ1n) is 9.89. The van der Waals surface area contributed by atoms with Gasteiger partial charge in [0.2, 0.25) is 0 Å². The number of carbonyl (C=O) groups is 2. The van der Waals surface area contributed by atoms with Gasteiger partial charge in [0.15, 0.2) is 11.6 Å². The van der Waals surface area contributed by atoms with E-state index in [9.17, 15) is 22.8 Å². The van der Waals surface area contributed by atoms with E-state index in [4.69, 9.17) is 11.6 Å². The zero-order chi connectivity index (χ0) is 24.6. The van der Waals surface area contributed by atoms with Crippen LogP contribution in [0.2, 0.25) is 5.02 Å². The normalized spacial score (nSPS) is 12.8. The number of alkyl halides is 3. The number of nitrogens with zero attached hydrogens (tertiary/aromatic N) is 4. The summed E-state index contributed by atoms with van der Waals surface area (Å²) in [6, 6.07) is 4.39. The Labute approximate surface area is 208 Å². The van der Waals surface area contributed by atoms with Crippen LogP contribution in [0.25, 0.3) is 5.52 Å². The van der Waals surface area contributed by atoms with E-state index in [-0.39, 0.29) is 35.1 Å². The first-order chi connectivity index (χ1) is 16.0. The summed E-state index contributed by atoms with van der Waals surface area (Å²) < 4.78 is 41.6. The molecule has 4 heterocycles.